The molecule has 62 heavy (non-hydrogen) atoms. The van der Waals surface area contributed by atoms with Gasteiger partial charge in [-0.1, -0.05) is 0 Å². The smallest absolute Gasteiger partial charge is 0.219 e. The molecule has 0 radical (unpaired) electrons. The van der Waals surface area contributed by atoms with Crippen LogP contribution in [0.15, 0.2) is 24.8 Å². The van der Waals surface area contributed by atoms with Gasteiger partial charge in [0, 0.05) is 89.1 Å². The number of nitrogens with two attached hydrogens (primary N) is 2. The lowest BCUT2D eigenvalue weighted by molar-refractivity contribution is -0.0532. The zero-order chi connectivity index (χ0) is 42.7. The minimum Gasteiger partial charge on any atom is -0.381 e. The number of ether oxygens (including phenoxy) is 4. The summed E-state index contributed by atoms with van der Waals surface area (Å²) in [6.45, 7) is 12.7. The zero-order valence-corrected chi connectivity index (χ0v) is 35.9. The number of fused-ring (bicyclic) bond motifs is 10. The lowest BCUT2D eigenvalue weighted by atomic mass is 10.1. The molecule has 4 aliphatic heterocycles. The van der Waals surface area contributed by atoms with E-state index in [1.54, 1.807) is 24.8 Å². The van der Waals surface area contributed by atoms with Gasteiger partial charge in [-0.25, -0.2) is 49.8 Å². The molecule has 20 nitrogen and oxygen atoms in total. The molecule has 6 aromatic rings. The van der Waals surface area contributed by atoms with Crippen LogP contribution in [-0.2, 0) is 43.2 Å². The number of methoxy groups -OCH3 is 2. The van der Waals surface area contributed by atoms with Crippen LogP contribution in [0.5, 0.6) is 0 Å². The van der Waals surface area contributed by atoms with Crippen LogP contribution in [0.2, 0.25) is 0 Å². The summed E-state index contributed by atoms with van der Waals surface area (Å²) in [5.74, 6) is 6.17. The number of hydrogen-bond acceptors (Lipinski definition) is 18. The molecule has 2 aliphatic carbocycles. The van der Waals surface area contributed by atoms with Gasteiger partial charge in [0.2, 0.25) is 11.9 Å². The second-order valence-corrected chi connectivity index (χ2v) is 18.3. The number of hydrogen-bond donors (Lipinski definition) is 2. The molecule has 4 unspecified atom stereocenters. The SMILES string of the molecule is CO[C@@H]1CC2CC1CN2c1nc(-c2cnc(N)nc2)nc2c1nc1n2CCOC1(C)C.CO[C@H]1CC2CC1CN2c1nc(-c2cnc(N)nc2)nc2c1nc1n2CCOC1(C)C. The Morgan fingerprint density at radius 1 is 0.581 bits per heavy atom. The minimum atomic E-state index is -0.480. The normalized spacial score (nSPS) is 26.5. The number of aromatic nitrogens is 12. The number of rotatable bonds is 6. The molecule has 2 saturated carbocycles. The number of piperidine rings is 2. The van der Waals surface area contributed by atoms with Crippen LogP contribution in [0.4, 0.5) is 23.5 Å². The first-order valence-electron chi connectivity index (χ1n) is 21.5. The van der Waals surface area contributed by atoms with Crippen molar-refractivity contribution in [3.05, 3.63) is 36.4 Å². The molecule has 4 fully saturated rings. The molecule has 12 rings (SSSR count). The molecule has 4 bridgehead atoms. The number of anilines is 4. The zero-order valence-electron chi connectivity index (χ0n) is 35.9. The molecular formula is C42H52N16O4. The maximum absolute atomic E-state index is 6.00. The van der Waals surface area contributed by atoms with Gasteiger partial charge in [-0.3, -0.25) is 0 Å². The molecular weight excluding hydrogens is 793 g/mol. The summed E-state index contributed by atoms with van der Waals surface area (Å²) in [5.41, 5.74) is 15.2. The molecule has 6 aliphatic rings. The Balaban J connectivity index is 0.000000139. The van der Waals surface area contributed by atoms with Gasteiger partial charge < -0.3 is 49.3 Å². The lowest BCUT2D eigenvalue weighted by Crippen LogP contribution is -2.39. The first kappa shape index (κ1) is 39.2. The molecule has 6 atom stereocenters. The fourth-order valence-corrected chi connectivity index (χ4v) is 10.7. The van der Waals surface area contributed by atoms with E-state index in [0.29, 0.717) is 74.1 Å². The maximum atomic E-state index is 6.00. The third-order valence-corrected chi connectivity index (χ3v) is 13.7. The van der Waals surface area contributed by atoms with Crippen LogP contribution in [0.3, 0.4) is 0 Å². The second-order valence-electron chi connectivity index (χ2n) is 18.3. The van der Waals surface area contributed by atoms with E-state index in [0.717, 1.165) is 95.5 Å². The molecule has 20 heteroatoms. The fourth-order valence-electron chi connectivity index (χ4n) is 10.7. The largest absolute Gasteiger partial charge is 0.381 e. The number of nitrogens with zero attached hydrogens (tertiary/aromatic N) is 14. The highest BCUT2D eigenvalue weighted by Gasteiger charge is 2.48. The fraction of sp³-hybridized carbons (Fsp3) is 0.571. The molecule has 0 amide bonds. The summed E-state index contributed by atoms with van der Waals surface area (Å²) in [7, 11) is 3.62. The highest BCUT2D eigenvalue weighted by atomic mass is 16.5. The van der Waals surface area contributed by atoms with Crippen molar-refractivity contribution in [2.75, 3.05) is 61.8 Å². The molecule has 4 N–H and O–H groups in total. The van der Waals surface area contributed by atoms with E-state index in [-0.39, 0.29) is 11.9 Å². The van der Waals surface area contributed by atoms with E-state index < -0.39 is 11.2 Å². The van der Waals surface area contributed by atoms with Crippen molar-refractivity contribution in [1.29, 1.82) is 0 Å². The van der Waals surface area contributed by atoms with Gasteiger partial charge in [-0.15, -0.1) is 0 Å². The minimum absolute atomic E-state index is 0.230. The van der Waals surface area contributed by atoms with Gasteiger partial charge in [0.25, 0.3) is 0 Å². The Morgan fingerprint density at radius 2 is 0.984 bits per heavy atom. The first-order chi connectivity index (χ1) is 29.9. The Hall–Kier alpha value is -5.70. The predicted octanol–water partition coefficient (Wildman–Crippen LogP) is 3.49. The van der Waals surface area contributed by atoms with Crippen LogP contribution >= 0.6 is 0 Å². The van der Waals surface area contributed by atoms with Gasteiger partial charge in [0.1, 0.15) is 22.9 Å². The average molecular weight is 845 g/mol. The molecule has 10 heterocycles. The standard InChI is InChI=1S/2C21H26N8O2/c2*1-21(2)19-25-15-17(28(19)4-5-31-21)26-16(12-8-23-20(22)24-9-12)27-18(15)29-10-11-6-13(29)7-14(11)30-3/h2*8-9,11,13-14H,4-7,10H2,1-3H3,(H2,22,23,24)/t2*11?,13?,14-/m10/s1. The summed E-state index contributed by atoms with van der Waals surface area (Å²) in [5, 5.41) is 0. The van der Waals surface area contributed by atoms with Crippen LogP contribution in [0.25, 0.3) is 45.1 Å². The van der Waals surface area contributed by atoms with E-state index in [9.17, 15) is 0 Å². The second kappa shape index (κ2) is 14.4. The van der Waals surface area contributed by atoms with Crippen LogP contribution < -0.4 is 21.3 Å². The quantitative estimate of drug-likeness (QED) is 0.244. The van der Waals surface area contributed by atoms with E-state index in [1.807, 2.05) is 41.9 Å². The van der Waals surface area contributed by atoms with E-state index in [4.69, 9.17) is 60.3 Å². The van der Waals surface area contributed by atoms with Crippen molar-refractivity contribution in [3.8, 4) is 22.8 Å². The number of nitrogen functional groups attached to an aromatic ring is 2. The first-order valence-corrected chi connectivity index (χ1v) is 21.5. The summed E-state index contributed by atoms with van der Waals surface area (Å²) >= 11 is 0. The van der Waals surface area contributed by atoms with Gasteiger partial charge in [0.15, 0.2) is 45.6 Å². The molecule has 2 saturated heterocycles. The number of imidazole rings is 2. The summed E-state index contributed by atoms with van der Waals surface area (Å²) < 4.78 is 27.7. The highest BCUT2D eigenvalue weighted by Crippen LogP contribution is 2.46. The predicted molar refractivity (Wildman–Crippen MR) is 229 cm³/mol. The van der Waals surface area contributed by atoms with Crippen molar-refractivity contribution < 1.29 is 18.9 Å². The van der Waals surface area contributed by atoms with Crippen molar-refractivity contribution >= 4 is 45.9 Å². The van der Waals surface area contributed by atoms with Crippen molar-refractivity contribution in [2.45, 2.75) is 102 Å². The third kappa shape index (κ3) is 6.31. The Morgan fingerprint density at radius 3 is 1.34 bits per heavy atom. The Kier molecular flexibility index (Phi) is 9.12. The van der Waals surface area contributed by atoms with E-state index in [2.05, 4.69) is 38.9 Å². The van der Waals surface area contributed by atoms with Gasteiger partial charge >= 0.3 is 0 Å². The van der Waals surface area contributed by atoms with Crippen molar-refractivity contribution in [2.24, 2.45) is 11.8 Å². The van der Waals surface area contributed by atoms with E-state index >= 15 is 0 Å². The molecule has 324 valence electrons. The monoisotopic (exact) mass is 844 g/mol. The molecule has 0 aromatic carbocycles. The summed E-state index contributed by atoms with van der Waals surface area (Å²) in [6, 6.07) is 0.790. The Bertz CT molecular complexity index is 2500. The van der Waals surface area contributed by atoms with Gasteiger partial charge in [-0.2, -0.15) is 0 Å². The molecule has 0 spiro atoms. The maximum Gasteiger partial charge on any atom is 0.219 e. The highest BCUT2D eigenvalue weighted by molar-refractivity contribution is 5.88. The third-order valence-electron chi connectivity index (χ3n) is 13.7. The molecule has 6 aromatic heterocycles. The average Bonchev–Trinajstić information content (AvgIpc) is 4.14. The topological polar surface area (TPSA) is 234 Å². The van der Waals surface area contributed by atoms with Crippen molar-refractivity contribution in [3.63, 3.8) is 0 Å². The lowest BCUT2D eigenvalue weighted by Gasteiger charge is -2.32. The van der Waals surface area contributed by atoms with Gasteiger partial charge in [0.05, 0.1) is 36.5 Å². The van der Waals surface area contributed by atoms with Crippen LogP contribution in [0, 0.1) is 11.8 Å². The van der Waals surface area contributed by atoms with Gasteiger partial charge in [-0.05, 0) is 53.4 Å². The van der Waals surface area contributed by atoms with Crippen LogP contribution in [0.1, 0.15) is 65.0 Å². The van der Waals surface area contributed by atoms with Crippen LogP contribution in [-0.4, -0.2) is 124 Å². The Labute approximate surface area is 357 Å². The van der Waals surface area contributed by atoms with E-state index in [1.165, 1.54) is 0 Å². The summed E-state index contributed by atoms with van der Waals surface area (Å²) in [6.07, 6.45) is 11.6. The van der Waals surface area contributed by atoms with Crippen molar-refractivity contribution in [1.82, 2.24) is 59.0 Å². The summed E-state index contributed by atoms with van der Waals surface area (Å²) in [4.78, 5) is 51.1.